The van der Waals surface area contributed by atoms with Crippen LogP contribution >= 0.6 is 22.6 Å². The molecule has 0 fully saturated rings. The van der Waals surface area contributed by atoms with Crippen LogP contribution < -0.4 is 0 Å². The van der Waals surface area contributed by atoms with Gasteiger partial charge in [0.25, 0.3) is 0 Å². The van der Waals surface area contributed by atoms with E-state index in [9.17, 15) is 0 Å². The Labute approximate surface area is 122 Å². The maximum Gasteiger partial charge on any atom is 0.0459 e. The fourth-order valence-electron chi connectivity index (χ4n) is 3.34. The number of fused-ring (bicyclic) bond motifs is 3. The molecule has 1 N–H and O–H groups in total. The fourth-order valence-corrected chi connectivity index (χ4v) is 3.83. The average Bonchev–Trinajstić information content (AvgIpc) is 2.65. The van der Waals surface area contributed by atoms with E-state index < -0.39 is 0 Å². The third-order valence-corrected chi connectivity index (χ3v) is 4.73. The molecule has 0 radical (unpaired) electrons. The maximum absolute atomic E-state index is 3.64. The minimum Gasteiger partial charge on any atom is -0.358 e. The van der Waals surface area contributed by atoms with Crippen LogP contribution in [0.4, 0.5) is 0 Å². The monoisotopic (exact) mass is 353 g/mol. The van der Waals surface area contributed by atoms with E-state index >= 15 is 0 Å². The van der Waals surface area contributed by atoms with Crippen molar-refractivity contribution in [2.45, 2.75) is 39.5 Å². The Hall–Kier alpha value is -0.510. The Morgan fingerprint density at radius 3 is 3.00 bits per heavy atom. The van der Waals surface area contributed by atoms with Gasteiger partial charge in [-0.2, -0.15) is 0 Å². The number of benzene rings is 1. The summed E-state index contributed by atoms with van der Waals surface area (Å²) in [5, 5.41) is 1.46. The van der Waals surface area contributed by atoms with Crippen molar-refractivity contribution in [1.82, 2.24) is 4.98 Å². The molecule has 2 heteroatoms. The molecule has 1 atom stereocenters. The van der Waals surface area contributed by atoms with Gasteiger partial charge in [-0.15, -0.1) is 0 Å². The topological polar surface area (TPSA) is 15.8 Å². The highest BCUT2D eigenvalue weighted by molar-refractivity contribution is 14.1. The van der Waals surface area contributed by atoms with Gasteiger partial charge in [0.2, 0.25) is 0 Å². The summed E-state index contributed by atoms with van der Waals surface area (Å²) in [5.41, 5.74) is 4.41. The summed E-state index contributed by atoms with van der Waals surface area (Å²) in [5.74, 6) is 1.70. The molecule has 1 heterocycles. The van der Waals surface area contributed by atoms with Crippen molar-refractivity contribution in [2.75, 3.05) is 0 Å². The largest absolute Gasteiger partial charge is 0.358 e. The van der Waals surface area contributed by atoms with Gasteiger partial charge in [0.15, 0.2) is 0 Å². The lowest BCUT2D eigenvalue weighted by atomic mass is 9.82. The summed E-state index contributed by atoms with van der Waals surface area (Å²) in [6.45, 7) is 4.67. The highest BCUT2D eigenvalue weighted by atomic mass is 127. The first kappa shape index (κ1) is 12.5. The summed E-state index contributed by atoms with van der Waals surface area (Å²) in [4.78, 5) is 3.64. The second kappa shape index (κ2) is 4.87. The Balaban J connectivity index is 1.95. The first-order chi connectivity index (χ1) is 8.63. The number of aromatic nitrogens is 1. The molecule has 3 rings (SSSR count). The molecule has 2 aromatic rings. The second-order valence-electron chi connectivity index (χ2n) is 6.01. The average molecular weight is 353 g/mol. The van der Waals surface area contributed by atoms with E-state index in [0.29, 0.717) is 0 Å². The van der Waals surface area contributed by atoms with Gasteiger partial charge in [-0.1, -0.05) is 13.8 Å². The van der Waals surface area contributed by atoms with Gasteiger partial charge < -0.3 is 4.98 Å². The summed E-state index contributed by atoms with van der Waals surface area (Å²) < 4.78 is 1.34. The molecule has 1 unspecified atom stereocenters. The zero-order chi connectivity index (χ0) is 12.7. The molecule has 0 aliphatic heterocycles. The predicted molar refractivity (Wildman–Crippen MR) is 86.0 cm³/mol. The third kappa shape index (κ3) is 2.31. The van der Waals surface area contributed by atoms with Gasteiger partial charge in [0.05, 0.1) is 0 Å². The van der Waals surface area contributed by atoms with Crippen molar-refractivity contribution in [1.29, 1.82) is 0 Å². The number of rotatable bonds is 2. The van der Waals surface area contributed by atoms with Crippen molar-refractivity contribution in [3.8, 4) is 0 Å². The summed E-state index contributed by atoms with van der Waals surface area (Å²) in [7, 11) is 0. The molecule has 0 saturated heterocycles. The SMILES string of the molecule is CC(C)CC1CCc2c([nH]c3ccc(I)cc23)C1. The fraction of sp³-hybridized carbons (Fsp3) is 0.500. The number of nitrogens with one attached hydrogen (secondary N) is 1. The lowest BCUT2D eigenvalue weighted by Gasteiger charge is -2.23. The van der Waals surface area contributed by atoms with E-state index in [1.54, 1.807) is 5.56 Å². The Bertz CT molecular complexity index is 568. The van der Waals surface area contributed by atoms with Crippen LogP contribution in [-0.4, -0.2) is 4.98 Å². The van der Waals surface area contributed by atoms with E-state index in [1.807, 2.05) is 0 Å². The summed E-state index contributed by atoms with van der Waals surface area (Å²) in [6.07, 6.45) is 5.24. The second-order valence-corrected chi connectivity index (χ2v) is 7.26. The molecule has 1 aromatic carbocycles. The van der Waals surface area contributed by atoms with Crippen molar-refractivity contribution < 1.29 is 0 Å². The van der Waals surface area contributed by atoms with E-state index in [0.717, 1.165) is 11.8 Å². The van der Waals surface area contributed by atoms with Crippen LogP contribution in [0.25, 0.3) is 10.9 Å². The Morgan fingerprint density at radius 2 is 2.22 bits per heavy atom. The molecule has 0 spiro atoms. The Kier molecular flexibility index (Phi) is 3.39. The zero-order valence-electron chi connectivity index (χ0n) is 11.1. The van der Waals surface area contributed by atoms with Gasteiger partial charge in [-0.25, -0.2) is 0 Å². The lowest BCUT2D eigenvalue weighted by Crippen LogP contribution is -2.15. The first-order valence-corrected chi connectivity index (χ1v) is 8.00. The molecular weight excluding hydrogens is 333 g/mol. The number of aryl methyl sites for hydroxylation is 1. The standard InChI is InChI=1S/C16H20IN/c1-10(2)7-11-3-5-13-14-9-12(17)4-6-15(14)18-16(13)8-11/h4,6,9-11,18H,3,5,7-8H2,1-2H3. The van der Waals surface area contributed by atoms with Gasteiger partial charge in [0.1, 0.15) is 0 Å². The Morgan fingerprint density at radius 1 is 1.39 bits per heavy atom. The molecule has 1 nitrogen and oxygen atoms in total. The van der Waals surface area contributed by atoms with Crippen LogP contribution in [-0.2, 0) is 12.8 Å². The highest BCUT2D eigenvalue weighted by Crippen LogP contribution is 2.34. The molecule has 0 saturated carbocycles. The highest BCUT2D eigenvalue weighted by Gasteiger charge is 2.22. The van der Waals surface area contributed by atoms with Crippen LogP contribution in [0.1, 0.15) is 37.9 Å². The van der Waals surface area contributed by atoms with Crippen LogP contribution in [0.5, 0.6) is 0 Å². The number of hydrogen-bond donors (Lipinski definition) is 1. The van der Waals surface area contributed by atoms with Crippen molar-refractivity contribution in [3.63, 3.8) is 0 Å². The minimum absolute atomic E-state index is 0.821. The quantitative estimate of drug-likeness (QED) is 0.738. The molecule has 18 heavy (non-hydrogen) atoms. The van der Waals surface area contributed by atoms with Gasteiger partial charge in [-0.3, -0.25) is 0 Å². The number of H-pyrrole nitrogens is 1. The van der Waals surface area contributed by atoms with E-state index in [-0.39, 0.29) is 0 Å². The molecule has 96 valence electrons. The molecule has 1 aromatic heterocycles. The maximum atomic E-state index is 3.64. The first-order valence-electron chi connectivity index (χ1n) is 6.92. The van der Waals surface area contributed by atoms with Crippen molar-refractivity contribution in [3.05, 3.63) is 33.0 Å². The molecule has 1 aliphatic rings. The van der Waals surface area contributed by atoms with Crippen LogP contribution in [0.3, 0.4) is 0 Å². The van der Waals surface area contributed by atoms with E-state index in [1.165, 1.54) is 45.9 Å². The molecule has 1 aliphatic carbocycles. The van der Waals surface area contributed by atoms with Gasteiger partial charge in [0, 0.05) is 20.2 Å². The van der Waals surface area contributed by atoms with Gasteiger partial charge >= 0.3 is 0 Å². The summed E-state index contributed by atoms with van der Waals surface area (Å²) >= 11 is 2.41. The van der Waals surface area contributed by atoms with Crippen LogP contribution in [0.2, 0.25) is 0 Å². The smallest absolute Gasteiger partial charge is 0.0459 e. The lowest BCUT2D eigenvalue weighted by molar-refractivity contribution is 0.368. The number of halogens is 1. The minimum atomic E-state index is 0.821. The molecular formula is C16H20IN. The van der Waals surface area contributed by atoms with Crippen LogP contribution in [0, 0.1) is 15.4 Å². The van der Waals surface area contributed by atoms with E-state index in [2.05, 4.69) is 59.6 Å². The molecule has 0 bridgehead atoms. The normalized spacial score (nSPS) is 19.4. The molecule has 0 amide bonds. The van der Waals surface area contributed by atoms with Gasteiger partial charge in [-0.05, 0) is 83.9 Å². The number of aromatic amines is 1. The van der Waals surface area contributed by atoms with E-state index in [4.69, 9.17) is 0 Å². The predicted octanol–water partition coefficient (Wildman–Crippen LogP) is 4.92. The number of hydrogen-bond acceptors (Lipinski definition) is 0. The third-order valence-electron chi connectivity index (χ3n) is 4.06. The van der Waals surface area contributed by atoms with Crippen LogP contribution in [0.15, 0.2) is 18.2 Å². The van der Waals surface area contributed by atoms with Crippen molar-refractivity contribution >= 4 is 33.5 Å². The zero-order valence-corrected chi connectivity index (χ0v) is 13.3. The van der Waals surface area contributed by atoms with Crippen molar-refractivity contribution in [2.24, 2.45) is 11.8 Å². The summed E-state index contributed by atoms with van der Waals surface area (Å²) in [6, 6.07) is 6.75.